The van der Waals surface area contributed by atoms with Crippen molar-refractivity contribution in [3.8, 4) is 5.75 Å². The van der Waals surface area contributed by atoms with Crippen LogP contribution in [0, 0.1) is 0 Å². The molecule has 1 aliphatic heterocycles. The number of aliphatic hydroxyl groups is 1. The predicted molar refractivity (Wildman–Crippen MR) is 125 cm³/mol. The number of benzene rings is 1. The zero-order valence-electron chi connectivity index (χ0n) is 20.1. The fourth-order valence-electron chi connectivity index (χ4n) is 5.95. The third-order valence-corrected chi connectivity index (χ3v) is 8.41. The Morgan fingerprint density at radius 1 is 1.03 bits per heavy atom. The number of hydrogen-bond acceptors (Lipinski definition) is 6. The van der Waals surface area contributed by atoms with Crippen molar-refractivity contribution in [2.24, 2.45) is 0 Å². The van der Waals surface area contributed by atoms with Crippen LogP contribution >= 0.6 is 11.6 Å². The lowest BCUT2D eigenvalue weighted by Gasteiger charge is -2.54. The Morgan fingerprint density at radius 2 is 1.65 bits per heavy atom. The number of fused-ring (bicyclic) bond motifs is 4. The first-order valence-corrected chi connectivity index (χ1v) is 12.9. The second-order valence-corrected chi connectivity index (χ2v) is 11.2. The number of carbonyl (C=O) groups is 2. The van der Waals surface area contributed by atoms with Crippen LogP contribution in [0.5, 0.6) is 5.75 Å². The number of halogens is 4. The van der Waals surface area contributed by atoms with Gasteiger partial charge in [0, 0.05) is 40.9 Å². The largest absolute Gasteiger partial charge is 0.522 e. The number of amides is 2. The van der Waals surface area contributed by atoms with Gasteiger partial charge in [0.25, 0.3) is 5.91 Å². The first-order chi connectivity index (χ1) is 17.4. The van der Waals surface area contributed by atoms with E-state index in [1.165, 1.54) is 0 Å². The van der Waals surface area contributed by atoms with Crippen molar-refractivity contribution in [3.63, 3.8) is 0 Å². The van der Waals surface area contributed by atoms with Crippen LogP contribution in [0.4, 0.5) is 13.2 Å². The molecule has 6 rings (SSSR count). The van der Waals surface area contributed by atoms with Crippen molar-refractivity contribution in [1.82, 2.24) is 10.6 Å². The second kappa shape index (κ2) is 9.91. The van der Waals surface area contributed by atoms with E-state index in [0.717, 1.165) is 0 Å². The highest BCUT2D eigenvalue weighted by Gasteiger charge is 2.51. The molecule has 1 aromatic rings. The molecule has 0 aromatic heterocycles. The molecule has 4 saturated carbocycles. The summed E-state index contributed by atoms with van der Waals surface area (Å²) in [5.41, 5.74) is -0.181. The van der Waals surface area contributed by atoms with Gasteiger partial charge in [-0.2, -0.15) is 0 Å². The van der Waals surface area contributed by atoms with Crippen LogP contribution in [0.25, 0.3) is 0 Å². The summed E-state index contributed by atoms with van der Waals surface area (Å²) in [5.74, 6) is -0.107. The van der Waals surface area contributed by atoms with Crippen molar-refractivity contribution >= 4 is 23.4 Å². The summed E-state index contributed by atoms with van der Waals surface area (Å²) in [5, 5.41) is 17.2. The van der Waals surface area contributed by atoms with E-state index in [-0.39, 0.29) is 48.8 Å². The van der Waals surface area contributed by atoms with E-state index in [1.54, 1.807) is 18.2 Å². The molecule has 0 spiro atoms. The molecule has 8 nitrogen and oxygen atoms in total. The van der Waals surface area contributed by atoms with E-state index in [1.807, 2.05) is 0 Å². The summed E-state index contributed by atoms with van der Waals surface area (Å²) in [7, 11) is 0. The van der Waals surface area contributed by atoms with Crippen LogP contribution in [0.3, 0.4) is 0 Å². The van der Waals surface area contributed by atoms with Gasteiger partial charge in [0.15, 0.2) is 6.10 Å². The zero-order valence-corrected chi connectivity index (χ0v) is 20.9. The van der Waals surface area contributed by atoms with Crippen molar-refractivity contribution in [2.45, 2.75) is 99.6 Å². The molecule has 4 fully saturated rings. The van der Waals surface area contributed by atoms with Crippen LogP contribution in [0.2, 0.25) is 5.02 Å². The third-order valence-electron chi connectivity index (χ3n) is 8.17. The molecule has 0 unspecified atom stereocenters. The van der Waals surface area contributed by atoms with Crippen molar-refractivity contribution in [3.05, 3.63) is 28.8 Å². The molecular weight excluding hydrogens is 517 g/mol. The molecule has 0 radical (unpaired) electrons. The minimum Gasteiger partial charge on any atom is -0.480 e. The van der Waals surface area contributed by atoms with E-state index >= 15 is 0 Å². The van der Waals surface area contributed by atoms with Crippen molar-refractivity contribution < 1.29 is 42.1 Å². The Bertz CT molecular complexity index is 1020. The zero-order chi connectivity index (χ0) is 26.4. The molecule has 0 saturated heterocycles. The average molecular weight is 547 g/mol. The number of hydrogen-bond donors (Lipinski definition) is 3. The Kier molecular flexibility index (Phi) is 7.10. The summed E-state index contributed by atoms with van der Waals surface area (Å²) in [4.78, 5) is 25.6. The molecule has 204 valence electrons. The predicted octanol–water partition coefficient (Wildman–Crippen LogP) is 3.69. The van der Waals surface area contributed by atoms with Gasteiger partial charge in [0.2, 0.25) is 5.91 Å². The SMILES string of the molecule is O=C(CO[C@H]1C[C@@H](OC(F)(F)F)C1)NC12CCC(NC(=O)[C@@H]3C[C@@H](O)c4cc(Cl)ccc4O3)(CC1)CC2. The van der Waals surface area contributed by atoms with E-state index in [4.69, 9.17) is 21.1 Å². The third kappa shape index (κ3) is 6.00. The van der Waals surface area contributed by atoms with Gasteiger partial charge in [-0.15, -0.1) is 13.2 Å². The van der Waals surface area contributed by atoms with Gasteiger partial charge >= 0.3 is 6.36 Å². The molecule has 4 aliphatic carbocycles. The second-order valence-electron chi connectivity index (χ2n) is 10.7. The van der Waals surface area contributed by atoms with Gasteiger partial charge in [0.1, 0.15) is 12.4 Å². The number of rotatable bonds is 7. The highest BCUT2D eigenvalue weighted by atomic mass is 35.5. The first-order valence-electron chi connectivity index (χ1n) is 12.6. The first kappa shape index (κ1) is 26.5. The average Bonchev–Trinajstić information content (AvgIpc) is 2.81. The quantitative estimate of drug-likeness (QED) is 0.482. The standard InChI is InChI=1S/C25H30ClF3N2O6/c26-14-1-2-19-17(9-14)18(32)12-20(36-19)22(34)31-24-6-3-23(4-7-24,5-8-24)30-21(33)13-35-15-10-16(11-15)37-25(27,28)29/h1-2,9,15-16,18,20,32H,3-8,10-13H2,(H,30,33)(H,31,34)/t15-,16+,18-,20+,23?,24?/m1/s1. The molecule has 2 amide bonds. The molecule has 2 atom stereocenters. The summed E-state index contributed by atoms with van der Waals surface area (Å²) in [6.07, 6.45) is -3.12. The van der Waals surface area contributed by atoms with Gasteiger partial charge in [-0.1, -0.05) is 11.6 Å². The molecular formula is C25H30ClF3N2O6. The Labute approximate surface area is 217 Å². The monoisotopic (exact) mass is 546 g/mol. The van der Waals surface area contributed by atoms with E-state index in [9.17, 15) is 27.9 Å². The van der Waals surface area contributed by atoms with Crippen LogP contribution in [-0.2, 0) is 19.1 Å². The van der Waals surface area contributed by atoms with Crippen LogP contribution in [-0.4, -0.2) is 59.3 Å². The molecule has 1 heterocycles. The fraction of sp³-hybridized carbons (Fsp3) is 0.680. The molecule has 5 aliphatic rings. The number of alkyl halides is 3. The highest BCUT2D eigenvalue weighted by Crippen LogP contribution is 2.47. The molecule has 12 heteroatoms. The lowest BCUT2D eigenvalue weighted by atomic mass is 9.61. The van der Waals surface area contributed by atoms with Crippen LogP contribution in [0.15, 0.2) is 18.2 Å². The van der Waals surface area contributed by atoms with E-state index in [2.05, 4.69) is 15.4 Å². The summed E-state index contributed by atoms with van der Waals surface area (Å²) in [6.45, 7) is -0.207. The van der Waals surface area contributed by atoms with Gasteiger partial charge in [-0.3, -0.25) is 14.3 Å². The minimum atomic E-state index is -4.66. The smallest absolute Gasteiger partial charge is 0.480 e. The maximum Gasteiger partial charge on any atom is 0.522 e. The Balaban J connectivity index is 1.07. The van der Waals surface area contributed by atoms with E-state index < -0.39 is 30.8 Å². The number of nitrogens with one attached hydrogen (secondary N) is 2. The lowest BCUT2D eigenvalue weighted by Crippen LogP contribution is -2.65. The summed E-state index contributed by atoms with van der Waals surface area (Å²) >= 11 is 6.00. The normalized spacial score (nSPS) is 34.6. The molecule has 37 heavy (non-hydrogen) atoms. The molecule has 2 bridgehead atoms. The maximum absolute atomic E-state index is 13.1. The summed E-state index contributed by atoms with van der Waals surface area (Å²) in [6, 6.07) is 4.94. The fourth-order valence-corrected chi connectivity index (χ4v) is 6.13. The van der Waals surface area contributed by atoms with Gasteiger partial charge in [0.05, 0.1) is 18.3 Å². The number of ether oxygens (including phenoxy) is 3. The number of aliphatic hydroxyl groups excluding tert-OH is 1. The molecule has 3 N–H and O–H groups in total. The topological polar surface area (TPSA) is 106 Å². The lowest BCUT2D eigenvalue weighted by molar-refractivity contribution is -0.357. The summed E-state index contributed by atoms with van der Waals surface area (Å²) < 4.78 is 51.9. The number of carbonyl (C=O) groups excluding carboxylic acids is 2. The van der Waals surface area contributed by atoms with Crippen LogP contribution in [0.1, 0.15) is 69.5 Å². The van der Waals surface area contributed by atoms with Gasteiger partial charge < -0.3 is 25.2 Å². The maximum atomic E-state index is 13.1. The molecule has 1 aromatic carbocycles. The van der Waals surface area contributed by atoms with Gasteiger partial charge in [-0.25, -0.2) is 0 Å². The van der Waals surface area contributed by atoms with Gasteiger partial charge in [-0.05, 0) is 56.7 Å². The highest BCUT2D eigenvalue weighted by molar-refractivity contribution is 6.30. The Morgan fingerprint density at radius 3 is 2.27 bits per heavy atom. The van der Waals surface area contributed by atoms with Crippen molar-refractivity contribution in [2.75, 3.05) is 6.61 Å². The van der Waals surface area contributed by atoms with E-state index in [0.29, 0.717) is 54.9 Å². The minimum absolute atomic E-state index is 0.112. The Hall–Kier alpha value is -2.08. The van der Waals surface area contributed by atoms with Crippen LogP contribution < -0.4 is 15.4 Å². The van der Waals surface area contributed by atoms with Crippen molar-refractivity contribution in [1.29, 1.82) is 0 Å².